The molecule has 416 valence electrons. The van der Waals surface area contributed by atoms with Crippen LogP contribution in [0.4, 0.5) is 0 Å². The first-order valence-electron chi connectivity index (χ1n) is 27.2. The van der Waals surface area contributed by atoms with E-state index < -0.39 is 0 Å². The molecule has 0 aliphatic carbocycles. The zero-order valence-corrected chi connectivity index (χ0v) is 51.9. The average Bonchev–Trinajstić information content (AvgIpc) is 2.40. The standard InChI is InChI=1S/4C19H14Se.4CH4/c1-13-6-4-7-14(12-13)15-9-5-10-17-16-8-2-3-11-18(16)20-19(15)17;1-13-7-2-3-8-14(13)16-10-6-11-17-15-9-4-5-12-18(15)20-19(16)17;1-13-5-4-6-14(11-13)15-9-10-19-17(12-15)16-7-2-3-8-18(16)20-19;1-13-6-8-14(9-7-13)15-10-11-19-17(12-15)16-4-2-3-5-18(16)20-19;;;;/h4*2-12H,1H3;4*1H4. The van der Waals surface area contributed by atoms with Crippen molar-refractivity contribution in [1.29, 1.82) is 0 Å². The molecule has 0 aliphatic rings. The van der Waals surface area contributed by atoms with E-state index in [-0.39, 0.29) is 29.7 Å². The van der Waals surface area contributed by atoms with Crippen LogP contribution in [-0.2, 0) is 0 Å². The zero-order chi connectivity index (χ0) is 54.1. The molecule has 0 bridgehead atoms. The Balaban J connectivity index is 0.000000132. The van der Waals surface area contributed by atoms with Crippen LogP contribution in [0.25, 0.3) is 122 Å². The summed E-state index contributed by atoms with van der Waals surface area (Å²) in [7, 11) is 0. The van der Waals surface area contributed by atoms with Gasteiger partial charge in [-0.3, -0.25) is 0 Å². The predicted molar refractivity (Wildman–Crippen MR) is 381 cm³/mol. The number of hydrogen-bond acceptors (Lipinski definition) is 0. The molecule has 0 fully saturated rings. The fourth-order valence-corrected chi connectivity index (χ4v) is 20.7. The maximum atomic E-state index is 2.36. The Hall–Kier alpha value is -7.28. The first kappa shape index (κ1) is 61.3. The second-order valence-electron chi connectivity index (χ2n) is 20.6. The summed E-state index contributed by atoms with van der Waals surface area (Å²) in [5.41, 5.74) is 16.1. The molecule has 84 heavy (non-hydrogen) atoms. The van der Waals surface area contributed by atoms with Crippen LogP contribution < -0.4 is 0 Å². The van der Waals surface area contributed by atoms with Crippen molar-refractivity contribution in [2.75, 3.05) is 0 Å². The molecule has 0 unspecified atom stereocenters. The van der Waals surface area contributed by atoms with E-state index in [0.717, 1.165) is 0 Å². The molecule has 16 rings (SSSR count). The molecule has 16 aromatic rings. The van der Waals surface area contributed by atoms with Crippen LogP contribution >= 0.6 is 0 Å². The summed E-state index contributed by atoms with van der Waals surface area (Å²) in [5, 5.41) is 11.4. The summed E-state index contributed by atoms with van der Waals surface area (Å²) in [5.74, 6) is 0. The second kappa shape index (κ2) is 27.2. The van der Waals surface area contributed by atoms with Crippen molar-refractivity contribution in [2.45, 2.75) is 57.4 Å². The summed E-state index contributed by atoms with van der Waals surface area (Å²) in [6.45, 7) is 8.64. The molecule has 0 radical (unpaired) electrons. The quantitative estimate of drug-likeness (QED) is 0.154. The van der Waals surface area contributed by atoms with Gasteiger partial charge in [0.25, 0.3) is 0 Å². The third-order valence-electron chi connectivity index (χ3n) is 15.1. The van der Waals surface area contributed by atoms with Gasteiger partial charge in [0, 0.05) is 0 Å². The molecular formula is C80H72Se4. The van der Waals surface area contributed by atoms with Gasteiger partial charge in [-0.05, 0) is 0 Å². The van der Waals surface area contributed by atoms with Gasteiger partial charge in [-0.2, -0.15) is 0 Å². The molecule has 0 saturated heterocycles. The molecule has 0 aliphatic heterocycles. The van der Waals surface area contributed by atoms with E-state index in [9.17, 15) is 0 Å². The van der Waals surface area contributed by atoms with E-state index in [0.29, 0.717) is 58.0 Å². The van der Waals surface area contributed by atoms with Crippen LogP contribution in [0.15, 0.2) is 267 Å². The Kier molecular flexibility index (Phi) is 19.8. The molecule has 0 amide bonds. The summed E-state index contributed by atoms with van der Waals surface area (Å²) in [6.07, 6.45) is 0. The molecule has 4 aromatic heterocycles. The van der Waals surface area contributed by atoms with Gasteiger partial charge in [0.15, 0.2) is 0 Å². The SMILES string of the molecule is C.C.C.C.Cc1ccc(-c2ccc3[se]c4ccccc4c3c2)cc1.Cc1cccc(-c2ccc3[se]c4ccccc4c3c2)c1.Cc1cccc(-c2cccc3c2[se]c2ccccc23)c1.Cc1ccccc1-c1cccc2c1[se]c1ccccc12. The van der Waals surface area contributed by atoms with Crippen LogP contribution in [0.2, 0.25) is 0 Å². The molecule has 0 N–H and O–H groups in total. The predicted octanol–water partition coefficient (Wildman–Crippen LogP) is 22.6. The summed E-state index contributed by atoms with van der Waals surface area (Å²) < 4.78 is 12.1. The van der Waals surface area contributed by atoms with Crippen molar-refractivity contribution >= 4 is 135 Å². The first-order chi connectivity index (χ1) is 39.3. The molecule has 4 heteroatoms. The maximum absolute atomic E-state index is 2.36. The first-order valence-corrected chi connectivity index (χ1v) is 34.1. The molecule has 0 nitrogen and oxygen atoms in total. The number of rotatable bonds is 4. The Labute approximate surface area is 521 Å². The molecule has 0 spiro atoms. The number of hydrogen-bond donors (Lipinski definition) is 0. The van der Waals surface area contributed by atoms with Crippen molar-refractivity contribution < 1.29 is 0 Å². The molecule has 12 aromatic carbocycles. The Morgan fingerprint density at radius 3 is 1.06 bits per heavy atom. The van der Waals surface area contributed by atoms with Crippen molar-refractivity contribution in [2.24, 2.45) is 0 Å². The van der Waals surface area contributed by atoms with E-state index in [1.54, 1.807) is 0 Å². The van der Waals surface area contributed by atoms with Crippen molar-refractivity contribution in [3.8, 4) is 44.5 Å². The molecular weight excluding hydrogens is 1280 g/mol. The average molecular weight is 1350 g/mol. The Morgan fingerprint density at radius 2 is 0.548 bits per heavy atom. The Morgan fingerprint density at radius 1 is 0.202 bits per heavy atom. The van der Waals surface area contributed by atoms with Gasteiger partial charge in [0.05, 0.1) is 0 Å². The van der Waals surface area contributed by atoms with Gasteiger partial charge in [0.1, 0.15) is 0 Å². The summed E-state index contributed by atoms with van der Waals surface area (Å²) >= 11 is 1.78. The van der Waals surface area contributed by atoms with Gasteiger partial charge >= 0.3 is 497 Å². The minimum absolute atomic E-state index is 0. The number of aryl methyl sites for hydroxylation is 4. The molecule has 0 saturated carbocycles. The topological polar surface area (TPSA) is 0 Å². The van der Waals surface area contributed by atoms with E-state index in [1.807, 2.05) is 0 Å². The third kappa shape index (κ3) is 12.6. The fraction of sp³-hybridized carbons (Fsp3) is 0.100. The van der Waals surface area contributed by atoms with Gasteiger partial charge in [0.2, 0.25) is 0 Å². The third-order valence-corrected chi connectivity index (χ3v) is 25.0. The summed E-state index contributed by atoms with van der Waals surface area (Å²) in [4.78, 5) is 0. The molecule has 4 heterocycles. The van der Waals surface area contributed by atoms with E-state index in [2.05, 4.69) is 295 Å². The van der Waals surface area contributed by atoms with Gasteiger partial charge in [-0.1, -0.05) is 29.7 Å². The van der Waals surface area contributed by atoms with E-state index in [1.165, 1.54) is 144 Å². The number of fused-ring (bicyclic) bond motifs is 12. The van der Waals surface area contributed by atoms with Gasteiger partial charge in [-0.25, -0.2) is 0 Å². The number of benzene rings is 12. The molecule has 0 atom stereocenters. The Bertz CT molecular complexity index is 4870. The van der Waals surface area contributed by atoms with E-state index >= 15 is 0 Å². The normalized spacial score (nSPS) is 10.7. The van der Waals surface area contributed by atoms with E-state index in [4.69, 9.17) is 0 Å². The van der Waals surface area contributed by atoms with Crippen LogP contribution in [0.3, 0.4) is 0 Å². The second-order valence-corrected chi connectivity index (χ2v) is 29.6. The monoisotopic (exact) mass is 1350 g/mol. The van der Waals surface area contributed by atoms with Crippen molar-refractivity contribution in [1.82, 2.24) is 0 Å². The van der Waals surface area contributed by atoms with Crippen LogP contribution in [0, 0.1) is 27.7 Å². The zero-order valence-electron chi connectivity index (χ0n) is 45.0. The van der Waals surface area contributed by atoms with Crippen LogP contribution in [0.1, 0.15) is 52.0 Å². The van der Waals surface area contributed by atoms with Crippen LogP contribution in [-0.4, -0.2) is 58.0 Å². The van der Waals surface area contributed by atoms with Gasteiger partial charge < -0.3 is 0 Å². The van der Waals surface area contributed by atoms with Crippen molar-refractivity contribution in [3.63, 3.8) is 0 Å². The van der Waals surface area contributed by atoms with Crippen molar-refractivity contribution in [3.05, 3.63) is 289 Å². The summed E-state index contributed by atoms with van der Waals surface area (Å²) in [6, 6.07) is 97.6. The van der Waals surface area contributed by atoms with Crippen LogP contribution in [0.5, 0.6) is 0 Å². The fourth-order valence-electron chi connectivity index (χ4n) is 11.0. The van der Waals surface area contributed by atoms with Gasteiger partial charge in [-0.15, -0.1) is 0 Å². The minimum atomic E-state index is 0.